The van der Waals surface area contributed by atoms with Crippen LogP contribution in [0.4, 0.5) is 5.69 Å². The van der Waals surface area contributed by atoms with Gasteiger partial charge in [0.2, 0.25) is 11.8 Å². The van der Waals surface area contributed by atoms with E-state index in [-0.39, 0.29) is 30.3 Å². The zero-order valence-electron chi connectivity index (χ0n) is 16.1. The maximum absolute atomic E-state index is 12.6. The zero-order chi connectivity index (χ0) is 20.3. The number of para-hydroxylation sites is 1. The molecular weight excluding hydrogens is 356 g/mol. The largest absolute Gasteiger partial charge is 0.478 e. The van der Waals surface area contributed by atoms with E-state index in [2.05, 4.69) is 5.32 Å². The molecule has 146 valence electrons. The highest BCUT2D eigenvalue weighted by molar-refractivity contribution is 6.01. The Morgan fingerprint density at radius 2 is 1.96 bits per heavy atom. The molecule has 2 aromatic carbocycles. The topological polar surface area (TPSA) is 86.7 Å². The molecule has 2 aromatic rings. The number of hydrogen-bond acceptors (Lipinski definition) is 3. The molecule has 0 aliphatic carbocycles. The highest BCUT2D eigenvalue weighted by atomic mass is 16.4. The maximum Gasteiger partial charge on any atom is 0.335 e. The fourth-order valence-electron chi connectivity index (χ4n) is 3.64. The standard InChI is InChI=1S/C22H24N2O4/c1-3-16-8-4-6-14(2)20(16)24-13-18(11-19(24)25)21(26)23-12-15-7-5-9-17(10-15)22(27)28/h4-10,18H,3,11-13H2,1-2H3,(H,23,26)(H,27,28). The van der Waals surface area contributed by atoms with Gasteiger partial charge in [-0.1, -0.05) is 37.3 Å². The molecule has 1 fully saturated rings. The van der Waals surface area contributed by atoms with Crippen LogP contribution in [-0.4, -0.2) is 29.4 Å². The van der Waals surface area contributed by atoms with Crippen molar-refractivity contribution in [3.05, 3.63) is 64.7 Å². The summed E-state index contributed by atoms with van der Waals surface area (Å²) in [6.45, 7) is 4.62. The summed E-state index contributed by atoms with van der Waals surface area (Å²) in [5.74, 6) is -1.66. The van der Waals surface area contributed by atoms with Gasteiger partial charge < -0.3 is 15.3 Å². The van der Waals surface area contributed by atoms with Crippen molar-refractivity contribution in [2.75, 3.05) is 11.4 Å². The maximum atomic E-state index is 12.6. The molecule has 1 aliphatic heterocycles. The van der Waals surface area contributed by atoms with Gasteiger partial charge in [0.25, 0.3) is 0 Å². The Kier molecular flexibility index (Phi) is 5.78. The van der Waals surface area contributed by atoms with Crippen LogP contribution >= 0.6 is 0 Å². The Labute approximate surface area is 164 Å². The number of anilines is 1. The van der Waals surface area contributed by atoms with Crippen LogP contribution in [-0.2, 0) is 22.6 Å². The monoisotopic (exact) mass is 380 g/mol. The van der Waals surface area contributed by atoms with Gasteiger partial charge in [0.1, 0.15) is 0 Å². The van der Waals surface area contributed by atoms with Crippen molar-refractivity contribution in [2.24, 2.45) is 5.92 Å². The summed E-state index contributed by atoms with van der Waals surface area (Å²) in [6.07, 6.45) is 0.996. The Balaban J connectivity index is 1.68. The van der Waals surface area contributed by atoms with Gasteiger partial charge in [0, 0.05) is 25.2 Å². The van der Waals surface area contributed by atoms with Crippen molar-refractivity contribution < 1.29 is 19.5 Å². The average molecular weight is 380 g/mol. The van der Waals surface area contributed by atoms with E-state index in [4.69, 9.17) is 5.11 Å². The minimum Gasteiger partial charge on any atom is -0.478 e. The Morgan fingerprint density at radius 3 is 2.68 bits per heavy atom. The predicted molar refractivity (Wildman–Crippen MR) is 106 cm³/mol. The van der Waals surface area contributed by atoms with E-state index in [0.717, 1.165) is 23.2 Å². The van der Waals surface area contributed by atoms with Crippen LogP contribution in [0.1, 0.15) is 40.4 Å². The molecule has 3 rings (SSSR count). The van der Waals surface area contributed by atoms with E-state index in [0.29, 0.717) is 12.1 Å². The third-order valence-corrected chi connectivity index (χ3v) is 5.11. The van der Waals surface area contributed by atoms with Crippen LogP contribution in [0, 0.1) is 12.8 Å². The minimum absolute atomic E-state index is 0.0444. The lowest BCUT2D eigenvalue weighted by Crippen LogP contribution is -2.33. The van der Waals surface area contributed by atoms with Crippen molar-refractivity contribution in [2.45, 2.75) is 33.2 Å². The molecule has 1 unspecified atom stereocenters. The Bertz CT molecular complexity index is 923. The lowest BCUT2D eigenvalue weighted by atomic mass is 10.0. The first-order valence-corrected chi connectivity index (χ1v) is 9.39. The molecule has 0 aromatic heterocycles. The number of rotatable bonds is 6. The van der Waals surface area contributed by atoms with E-state index < -0.39 is 11.9 Å². The van der Waals surface area contributed by atoms with Gasteiger partial charge in [-0.3, -0.25) is 9.59 Å². The number of aryl methyl sites for hydroxylation is 2. The second-order valence-electron chi connectivity index (χ2n) is 7.06. The molecule has 1 saturated heterocycles. The highest BCUT2D eigenvalue weighted by Crippen LogP contribution is 2.31. The van der Waals surface area contributed by atoms with Crippen LogP contribution in [0.25, 0.3) is 0 Å². The average Bonchev–Trinajstić information content (AvgIpc) is 3.07. The van der Waals surface area contributed by atoms with Crippen molar-refractivity contribution >= 4 is 23.5 Å². The number of carboxylic acids is 1. The van der Waals surface area contributed by atoms with E-state index in [1.54, 1.807) is 17.0 Å². The van der Waals surface area contributed by atoms with Crippen molar-refractivity contribution in [3.8, 4) is 0 Å². The molecule has 0 radical (unpaired) electrons. The highest BCUT2D eigenvalue weighted by Gasteiger charge is 2.36. The van der Waals surface area contributed by atoms with Crippen molar-refractivity contribution in [3.63, 3.8) is 0 Å². The first-order valence-electron chi connectivity index (χ1n) is 9.39. The third kappa shape index (κ3) is 4.06. The minimum atomic E-state index is -1.00. The van der Waals surface area contributed by atoms with Gasteiger partial charge >= 0.3 is 5.97 Å². The number of benzene rings is 2. The molecule has 28 heavy (non-hydrogen) atoms. The summed E-state index contributed by atoms with van der Waals surface area (Å²) < 4.78 is 0. The number of carboxylic acid groups (broad SMARTS) is 1. The summed E-state index contributed by atoms with van der Waals surface area (Å²) in [5, 5.41) is 11.9. The summed E-state index contributed by atoms with van der Waals surface area (Å²) in [4.78, 5) is 38.0. The smallest absolute Gasteiger partial charge is 0.335 e. The molecular formula is C22H24N2O4. The van der Waals surface area contributed by atoms with Gasteiger partial charge in [-0.05, 0) is 42.2 Å². The summed E-state index contributed by atoms with van der Waals surface area (Å²) in [6, 6.07) is 12.4. The zero-order valence-corrected chi connectivity index (χ0v) is 16.1. The number of hydrogen-bond donors (Lipinski definition) is 2. The van der Waals surface area contributed by atoms with E-state index >= 15 is 0 Å². The normalized spacial score (nSPS) is 16.3. The predicted octanol–water partition coefficient (Wildman–Crippen LogP) is 2.92. The van der Waals surface area contributed by atoms with Crippen LogP contribution in [0.2, 0.25) is 0 Å². The molecule has 2 N–H and O–H groups in total. The van der Waals surface area contributed by atoms with Crippen LogP contribution < -0.4 is 10.2 Å². The third-order valence-electron chi connectivity index (χ3n) is 5.11. The van der Waals surface area contributed by atoms with Gasteiger partial charge in [-0.15, -0.1) is 0 Å². The van der Waals surface area contributed by atoms with Crippen molar-refractivity contribution in [1.82, 2.24) is 5.32 Å². The SMILES string of the molecule is CCc1cccc(C)c1N1CC(C(=O)NCc2cccc(C(=O)O)c2)CC1=O. The number of nitrogens with one attached hydrogen (secondary N) is 1. The Hall–Kier alpha value is -3.15. The number of amides is 2. The molecule has 0 spiro atoms. The van der Waals surface area contributed by atoms with Gasteiger partial charge in [0.15, 0.2) is 0 Å². The molecule has 6 nitrogen and oxygen atoms in total. The first kappa shape index (κ1) is 19.6. The Morgan fingerprint density at radius 1 is 1.21 bits per heavy atom. The van der Waals surface area contributed by atoms with Crippen LogP contribution in [0.3, 0.4) is 0 Å². The number of nitrogens with zero attached hydrogens (tertiary/aromatic N) is 1. The lowest BCUT2D eigenvalue weighted by molar-refractivity contribution is -0.126. The summed E-state index contributed by atoms with van der Waals surface area (Å²) in [7, 11) is 0. The van der Waals surface area contributed by atoms with Gasteiger partial charge in [-0.2, -0.15) is 0 Å². The van der Waals surface area contributed by atoms with Crippen LogP contribution in [0.15, 0.2) is 42.5 Å². The molecule has 2 amide bonds. The summed E-state index contributed by atoms with van der Waals surface area (Å²) in [5.41, 5.74) is 3.93. The van der Waals surface area contributed by atoms with Crippen LogP contribution in [0.5, 0.6) is 0 Å². The second kappa shape index (κ2) is 8.25. The fraction of sp³-hybridized carbons (Fsp3) is 0.318. The lowest BCUT2D eigenvalue weighted by Gasteiger charge is -2.22. The molecule has 1 heterocycles. The first-order chi connectivity index (χ1) is 13.4. The number of carbonyl (C=O) groups excluding carboxylic acids is 2. The molecule has 1 aliphatic rings. The molecule has 1 atom stereocenters. The number of carbonyl (C=O) groups is 3. The van der Waals surface area contributed by atoms with E-state index in [1.807, 2.05) is 32.0 Å². The fourth-order valence-corrected chi connectivity index (χ4v) is 3.64. The van der Waals surface area contributed by atoms with E-state index in [1.165, 1.54) is 12.1 Å². The second-order valence-corrected chi connectivity index (χ2v) is 7.06. The molecule has 0 bridgehead atoms. The summed E-state index contributed by atoms with van der Waals surface area (Å²) >= 11 is 0. The van der Waals surface area contributed by atoms with Crippen molar-refractivity contribution in [1.29, 1.82) is 0 Å². The van der Waals surface area contributed by atoms with Gasteiger partial charge in [-0.25, -0.2) is 4.79 Å². The number of aromatic carboxylic acids is 1. The molecule has 0 saturated carbocycles. The van der Waals surface area contributed by atoms with Gasteiger partial charge in [0.05, 0.1) is 11.5 Å². The quantitative estimate of drug-likeness (QED) is 0.807. The van der Waals surface area contributed by atoms with E-state index in [9.17, 15) is 14.4 Å². The molecule has 6 heteroatoms.